The predicted octanol–water partition coefficient (Wildman–Crippen LogP) is 5.05. The van der Waals surface area contributed by atoms with E-state index < -0.39 is 16.6 Å². The van der Waals surface area contributed by atoms with Gasteiger partial charge in [-0.2, -0.15) is 8.78 Å². The Hall–Kier alpha value is -1.28. The second-order valence-electron chi connectivity index (χ2n) is 4.18. The molecule has 0 aliphatic heterocycles. The summed E-state index contributed by atoms with van der Waals surface area (Å²) in [5.74, 6) is -0.277. The van der Waals surface area contributed by atoms with Crippen LogP contribution in [0.15, 0.2) is 41.3 Å². The summed E-state index contributed by atoms with van der Waals surface area (Å²) in [6.07, 6.45) is 0. The molecule has 0 atom stereocenters. The number of alkyl halides is 2. The van der Waals surface area contributed by atoms with Gasteiger partial charge in [0.25, 0.3) is 10.0 Å². The summed E-state index contributed by atoms with van der Waals surface area (Å²) in [4.78, 5) is -0.299. The van der Waals surface area contributed by atoms with Gasteiger partial charge in [0.1, 0.15) is 10.6 Å². The van der Waals surface area contributed by atoms with Gasteiger partial charge < -0.3 is 4.74 Å². The molecule has 2 rings (SSSR count). The molecular formula is C13H8Cl3F2NO3S. The quantitative estimate of drug-likeness (QED) is 0.761. The number of hydrogen-bond acceptors (Lipinski definition) is 3. The first-order valence-corrected chi connectivity index (χ1v) is 8.53. The Balaban J connectivity index is 2.33. The first kappa shape index (κ1) is 18.1. The lowest BCUT2D eigenvalue weighted by atomic mass is 10.3. The molecular weight excluding hydrogens is 395 g/mol. The van der Waals surface area contributed by atoms with Crippen LogP contribution in [0.25, 0.3) is 0 Å². The zero-order valence-corrected chi connectivity index (χ0v) is 14.1. The van der Waals surface area contributed by atoms with E-state index in [0.717, 1.165) is 12.1 Å². The van der Waals surface area contributed by atoms with Gasteiger partial charge in [-0.15, -0.1) is 0 Å². The van der Waals surface area contributed by atoms with Crippen molar-refractivity contribution in [3.8, 4) is 5.75 Å². The minimum atomic E-state index is -4.09. The molecule has 0 aromatic heterocycles. The normalized spacial score (nSPS) is 11.6. The van der Waals surface area contributed by atoms with Crippen molar-refractivity contribution in [2.24, 2.45) is 0 Å². The average Bonchev–Trinajstić information content (AvgIpc) is 2.40. The third kappa shape index (κ3) is 4.38. The van der Waals surface area contributed by atoms with Crippen molar-refractivity contribution in [3.05, 3.63) is 51.5 Å². The number of halogens is 5. The highest BCUT2D eigenvalue weighted by atomic mass is 35.5. The van der Waals surface area contributed by atoms with Gasteiger partial charge in [-0.3, -0.25) is 4.72 Å². The maximum Gasteiger partial charge on any atom is 0.387 e. The molecule has 2 aromatic rings. The fourth-order valence-electron chi connectivity index (χ4n) is 1.70. The Labute approximate surface area is 146 Å². The number of sulfonamides is 1. The van der Waals surface area contributed by atoms with E-state index in [-0.39, 0.29) is 31.4 Å². The molecule has 4 nitrogen and oxygen atoms in total. The molecule has 10 heteroatoms. The van der Waals surface area contributed by atoms with Gasteiger partial charge in [0.05, 0.1) is 20.8 Å². The van der Waals surface area contributed by atoms with Crippen LogP contribution < -0.4 is 9.46 Å². The number of hydrogen-bond donors (Lipinski definition) is 1. The number of ether oxygens (including phenoxy) is 1. The fourth-order valence-corrected chi connectivity index (χ4v) is 4.12. The van der Waals surface area contributed by atoms with Crippen LogP contribution in [0.3, 0.4) is 0 Å². The van der Waals surface area contributed by atoms with E-state index in [1.807, 2.05) is 0 Å². The molecule has 0 spiro atoms. The van der Waals surface area contributed by atoms with Crippen LogP contribution in [-0.2, 0) is 10.0 Å². The van der Waals surface area contributed by atoms with Crippen LogP contribution in [0.2, 0.25) is 15.1 Å². The lowest BCUT2D eigenvalue weighted by Gasteiger charge is -2.12. The Morgan fingerprint density at radius 2 is 1.61 bits per heavy atom. The van der Waals surface area contributed by atoms with E-state index in [1.165, 1.54) is 24.3 Å². The highest BCUT2D eigenvalue weighted by Crippen LogP contribution is 2.33. The van der Waals surface area contributed by atoms with Crippen molar-refractivity contribution in [3.63, 3.8) is 0 Å². The minimum Gasteiger partial charge on any atom is -0.433 e. The van der Waals surface area contributed by atoms with Gasteiger partial charge in [-0.1, -0.05) is 40.9 Å². The van der Waals surface area contributed by atoms with Gasteiger partial charge in [0.15, 0.2) is 0 Å². The molecule has 2 aromatic carbocycles. The fraction of sp³-hybridized carbons (Fsp3) is 0.0769. The number of nitrogens with one attached hydrogen (secondary N) is 1. The predicted molar refractivity (Wildman–Crippen MR) is 85.4 cm³/mol. The molecule has 0 fully saturated rings. The summed E-state index contributed by atoms with van der Waals surface area (Å²) in [7, 11) is -4.09. The van der Waals surface area contributed by atoms with E-state index >= 15 is 0 Å². The van der Waals surface area contributed by atoms with Gasteiger partial charge in [-0.25, -0.2) is 8.42 Å². The Morgan fingerprint density at radius 3 is 2.13 bits per heavy atom. The van der Waals surface area contributed by atoms with Gasteiger partial charge in [0, 0.05) is 0 Å². The Bertz CT molecular complexity index is 811. The molecule has 0 saturated carbocycles. The highest BCUT2D eigenvalue weighted by molar-refractivity contribution is 7.93. The van der Waals surface area contributed by atoms with E-state index in [1.54, 1.807) is 0 Å². The van der Waals surface area contributed by atoms with Crippen molar-refractivity contribution in [2.75, 3.05) is 4.72 Å². The lowest BCUT2D eigenvalue weighted by Crippen LogP contribution is -2.14. The van der Waals surface area contributed by atoms with Crippen LogP contribution in [0.4, 0.5) is 14.5 Å². The number of rotatable bonds is 5. The highest BCUT2D eigenvalue weighted by Gasteiger charge is 2.22. The van der Waals surface area contributed by atoms with Gasteiger partial charge >= 0.3 is 6.61 Å². The smallest absolute Gasteiger partial charge is 0.387 e. The zero-order valence-electron chi connectivity index (χ0n) is 11.1. The zero-order chi connectivity index (χ0) is 17.2. The first-order valence-electron chi connectivity index (χ1n) is 5.92. The molecule has 23 heavy (non-hydrogen) atoms. The van der Waals surface area contributed by atoms with E-state index in [4.69, 9.17) is 34.8 Å². The third-order valence-electron chi connectivity index (χ3n) is 2.59. The molecule has 0 radical (unpaired) electrons. The molecule has 0 bridgehead atoms. The second kappa shape index (κ2) is 7.09. The van der Waals surface area contributed by atoms with E-state index in [2.05, 4.69) is 9.46 Å². The molecule has 0 saturated heterocycles. The second-order valence-corrected chi connectivity index (χ2v) is 7.02. The summed E-state index contributed by atoms with van der Waals surface area (Å²) < 4.78 is 55.4. The summed E-state index contributed by atoms with van der Waals surface area (Å²) in [5, 5.41) is -0.307. The average molecular weight is 403 g/mol. The van der Waals surface area contributed by atoms with Crippen LogP contribution in [0, 0.1) is 0 Å². The summed E-state index contributed by atoms with van der Waals surface area (Å²) in [6, 6.07) is 7.69. The topological polar surface area (TPSA) is 55.4 Å². The van der Waals surface area contributed by atoms with E-state index in [0.29, 0.717) is 0 Å². The van der Waals surface area contributed by atoms with Crippen molar-refractivity contribution in [1.82, 2.24) is 0 Å². The standard InChI is InChI=1S/C13H8Cl3F2NO3S/c14-8-2-1-3-9(15)12(8)23(20,21)19-7-4-5-11(10(16)6-7)22-13(17)18/h1-6,13,19H. The van der Waals surface area contributed by atoms with Crippen LogP contribution >= 0.6 is 34.8 Å². The lowest BCUT2D eigenvalue weighted by molar-refractivity contribution is -0.0497. The number of benzene rings is 2. The molecule has 0 unspecified atom stereocenters. The van der Waals surface area contributed by atoms with Gasteiger partial charge in [-0.05, 0) is 30.3 Å². The summed E-state index contributed by atoms with van der Waals surface area (Å²) in [5.41, 5.74) is 0.0348. The van der Waals surface area contributed by atoms with Crippen LogP contribution in [-0.4, -0.2) is 15.0 Å². The van der Waals surface area contributed by atoms with Crippen LogP contribution in [0.5, 0.6) is 5.75 Å². The van der Waals surface area contributed by atoms with Crippen molar-refractivity contribution in [1.29, 1.82) is 0 Å². The van der Waals surface area contributed by atoms with Crippen molar-refractivity contribution in [2.45, 2.75) is 11.5 Å². The largest absolute Gasteiger partial charge is 0.433 e. The minimum absolute atomic E-state index is 0.0348. The number of anilines is 1. The SMILES string of the molecule is O=S(=O)(Nc1ccc(OC(F)F)c(Cl)c1)c1c(Cl)cccc1Cl. The molecule has 1 N–H and O–H groups in total. The molecule has 0 aliphatic rings. The van der Waals surface area contributed by atoms with Crippen molar-refractivity contribution < 1.29 is 21.9 Å². The van der Waals surface area contributed by atoms with Crippen molar-refractivity contribution >= 4 is 50.5 Å². The third-order valence-corrected chi connectivity index (χ3v) is 5.22. The van der Waals surface area contributed by atoms with E-state index in [9.17, 15) is 17.2 Å². The molecule has 0 aliphatic carbocycles. The maximum atomic E-state index is 12.3. The monoisotopic (exact) mass is 401 g/mol. The summed E-state index contributed by atoms with van der Waals surface area (Å²) in [6.45, 7) is -3.04. The molecule has 0 heterocycles. The van der Waals surface area contributed by atoms with Gasteiger partial charge in [0.2, 0.25) is 0 Å². The first-order chi connectivity index (χ1) is 10.7. The Morgan fingerprint density at radius 1 is 1.00 bits per heavy atom. The summed E-state index contributed by atoms with van der Waals surface area (Å²) >= 11 is 17.5. The molecule has 124 valence electrons. The Kier molecular flexibility index (Phi) is 5.57. The molecule has 0 amide bonds. The van der Waals surface area contributed by atoms with Crippen LogP contribution in [0.1, 0.15) is 0 Å². The maximum absolute atomic E-state index is 12.3.